The predicted octanol–water partition coefficient (Wildman–Crippen LogP) is 1.46. The molecule has 9 nitrogen and oxygen atoms in total. The number of fused-ring (bicyclic) bond motifs is 1. The Morgan fingerprint density at radius 2 is 2.12 bits per heavy atom. The summed E-state index contributed by atoms with van der Waals surface area (Å²) in [4.78, 5) is 27.8. The second-order valence-corrected chi connectivity index (χ2v) is 6.75. The molecular weight excluding hydrogens is 346 g/mol. The van der Waals surface area contributed by atoms with Gasteiger partial charge in [-0.3, -0.25) is 15.0 Å². The lowest BCUT2D eigenvalue weighted by molar-refractivity contribution is -0.116. The minimum atomic E-state index is -0.294. The number of rotatable bonds is 4. The van der Waals surface area contributed by atoms with Crippen molar-refractivity contribution in [1.29, 1.82) is 0 Å². The van der Waals surface area contributed by atoms with E-state index in [0.29, 0.717) is 29.7 Å². The number of ether oxygens (including phenoxy) is 2. The molecule has 4 rings (SSSR count). The molecular formula is C15H15N5O4S. The number of anilines is 2. The van der Waals surface area contributed by atoms with E-state index in [0.717, 1.165) is 10.7 Å². The van der Waals surface area contributed by atoms with Gasteiger partial charge in [0.25, 0.3) is 0 Å². The fourth-order valence-electron chi connectivity index (χ4n) is 2.70. The molecule has 2 aromatic rings. The molecule has 1 fully saturated rings. The van der Waals surface area contributed by atoms with Gasteiger partial charge in [0, 0.05) is 24.8 Å². The van der Waals surface area contributed by atoms with E-state index in [1.807, 2.05) is 0 Å². The summed E-state index contributed by atoms with van der Waals surface area (Å²) in [5.41, 5.74) is 0.719. The van der Waals surface area contributed by atoms with Crippen LogP contribution < -0.4 is 19.7 Å². The summed E-state index contributed by atoms with van der Waals surface area (Å²) in [7, 11) is 0. The molecule has 3 amide bonds. The average Bonchev–Trinajstić information content (AvgIpc) is 3.29. The maximum absolute atomic E-state index is 12.6. The molecule has 1 aromatic heterocycles. The number of carbonyl (C=O) groups excluding carboxylic acids is 2. The number of carbonyl (C=O) groups is 2. The molecule has 1 saturated heterocycles. The van der Waals surface area contributed by atoms with Crippen LogP contribution in [-0.4, -0.2) is 53.5 Å². The van der Waals surface area contributed by atoms with Crippen molar-refractivity contribution in [1.82, 2.24) is 15.1 Å². The molecule has 1 N–H and O–H groups in total. The minimum absolute atomic E-state index is 0.0293. The van der Waals surface area contributed by atoms with Gasteiger partial charge in [-0.15, -0.1) is 10.2 Å². The number of hydrogen-bond donors (Lipinski definition) is 1. The van der Waals surface area contributed by atoms with E-state index in [1.54, 1.807) is 30.0 Å². The zero-order valence-corrected chi connectivity index (χ0v) is 14.2. The Kier molecular flexibility index (Phi) is 3.88. The summed E-state index contributed by atoms with van der Waals surface area (Å²) in [6.07, 6.45) is 0. The third-order valence-electron chi connectivity index (χ3n) is 3.87. The summed E-state index contributed by atoms with van der Waals surface area (Å²) in [6.45, 7) is 2.93. The molecule has 0 spiro atoms. The van der Waals surface area contributed by atoms with Gasteiger partial charge in [-0.25, -0.2) is 4.79 Å². The van der Waals surface area contributed by atoms with E-state index in [-0.39, 0.29) is 25.3 Å². The normalized spacial score (nSPS) is 15.8. The molecule has 1 aromatic carbocycles. The lowest BCUT2D eigenvalue weighted by Crippen LogP contribution is -2.37. The van der Waals surface area contributed by atoms with E-state index in [9.17, 15) is 9.59 Å². The van der Waals surface area contributed by atoms with Crippen LogP contribution in [0.5, 0.6) is 11.5 Å². The quantitative estimate of drug-likeness (QED) is 0.885. The van der Waals surface area contributed by atoms with E-state index in [4.69, 9.17) is 9.47 Å². The second kappa shape index (κ2) is 6.20. The molecule has 0 unspecified atom stereocenters. The van der Waals surface area contributed by atoms with Crippen molar-refractivity contribution in [3.8, 4) is 11.5 Å². The first-order chi connectivity index (χ1) is 12.1. The van der Waals surface area contributed by atoms with Gasteiger partial charge < -0.3 is 14.4 Å². The number of amides is 3. The van der Waals surface area contributed by atoms with Crippen LogP contribution in [-0.2, 0) is 4.79 Å². The van der Waals surface area contributed by atoms with Crippen LogP contribution in [0.4, 0.5) is 15.6 Å². The Morgan fingerprint density at radius 1 is 1.28 bits per heavy atom. The molecule has 2 aliphatic rings. The minimum Gasteiger partial charge on any atom is -0.454 e. The van der Waals surface area contributed by atoms with Gasteiger partial charge in [0.1, 0.15) is 11.6 Å². The van der Waals surface area contributed by atoms with Gasteiger partial charge >= 0.3 is 6.03 Å². The van der Waals surface area contributed by atoms with Gasteiger partial charge in [0.15, 0.2) is 11.5 Å². The van der Waals surface area contributed by atoms with Crippen LogP contribution in [0.2, 0.25) is 0 Å². The first-order valence-electron chi connectivity index (χ1n) is 7.66. The standard InChI is InChI=1S/C15H15N5O4S/c1-9-17-18-14(25-9)16-13(21)7-19-4-5-20(15(19)22)10-2-3-11-12(6-10)24-8-23-11/h2-3,6H,4-5,7-8H2,1H3,(H,16,18,21). The molecule has 3 heterocycles. The molecule has 0 bridgehead atoms. The van der Waals surface area contributed by atoms with Crippen molar-refractivity contribution in [2.45, 2.75) is 6.92 Å². The van der Waals surface area contributed by atoms with Crippen LogP contribution in [0.15, 0.2) is 18.2 Å². The van der Waals surface area contributed by atoms with Crippen LogP contribution in [0.3, 0.4) is 0 Å². The van der Waals surface area contributed by atoms with Crippen molar-refractivity contribution >= 4 is 34.1 Å². The number of nitrogens with one attached hydrogen (secondary N) is 1. The third kappa shape index (κ3) is 3.07. The smallest absolute Gasteiger partial charge is 0.325 e. The van der Waals surface area contributed by atoms with Crippen molar-refractivity contribution in [3.05, 3.63) is 23.2 Å². The number of nitrogens with zero attached hydrogens (tertiary/aromatic N) is 4. The summed E-state index contributed by atoms with van der Waals surface area (Å²) in [5.74, 6) is 0.990. The highest BCUT2D eigenvalue weighted by Crippen LogP contribution is 2.36. The molecule has 25 heavy (non-hydrogen) atoms. The van der Waals surface area contributed by atoms with E-state index >= 15 is 0 Å². The molecule has 0 atom stereocenters. The zero-order valence-electron chi connectivity index (χ0n) is 13.4. The lowest BCUT2D eigenvalue weighted by atomic mass is 10.2. The summed E-state index contributed by atoms with van der Waals surface area (Å²) in [6, 6.07) is 5.13. The van der Waals surface area contributed by atoms with E-state index in [2.05, 4.69) is 15.5 Å². The van der Waals surface area contributed by atoms with Crippen molar-refractivity contribution in [3.63, 3.8) is 0 Å². The first-order valence-corrected chi connectivity index (χ1v) is 8.48. The van der Waals surface area contributed by atoms with Crippen molar-refractivity contribution < 1.29 is 19.1 Å². The number of urea groups is 1. The maximum Gasteiger partial charge on any atom is 0.325 e. The van der Waals surface area contributed by atoms with Gasteiger partial charge in [-0.2, -0.15) is 0 Å². The number of benzene rings is 1. The van der Waals surface area contributed by atoms with Crippen LogP contribution >= 0.6 is 11.3 Å². The van der Waals surface area contributed by atoms with Gasteiger partial charge in [0.05, 0.1) is 0 Å². The second-order valence-electron chi connectivity index (χ2n) is 5.57. The Bertz CT molecular complexity index is 839. The Labute approximate surface area is 147 Å². The van der Waals surface area contributed by atoms with Crippen LogP contribution in [0.1, 0.15) is 5.01 Å². The molecule has 130 valence electrons. The van der Waals surface area contributed by atoms with Gasteiger partial charge in [-0.1, -0.05) is 11.3 Å². The molecule has 2 aliphatic heterocycles. The highest BCUT2D eigenvalue weighted by atomic mass is 32.1. The van der Waals surface area contributed by atoms with Crippen LogP contribution in [0, 0.1) is 6.92 Å². The Morgan fingerprint density at radius 3 is 2.92 bits per heavy atom. The fraction of sp³-hybridized carbons (Fsp3) is 0.333. The Hall–Kier alpha value is -2.88. The largest absolute Gasteiger partial charge is 0.454 e. The van der Waals surface area contributed by atoms with E-state index < -0.39 is 0 Å². The third-order valence-corrected chi connectivity index (χ3v) is 4.62. The lowest BCUT2D eigenvalue weighted by Gasteiger charge is -2.18. The van der Waals surface area contributed by atoms with Gasteiger partial charge in [0.2, 0.25) is 17.8 Å². The van der Waals surface area contributed by atoms with Crippen molar-refractivity contribution in [2.75, 3.05) is 36.6 Å². The topological polar surface area (TPSA) is 96.9 Å². The molecule has 0 radical (unpaired) electrons. The highest BCUT2D eigenvalue weighted by molar-refractivity contribution is 7.15. The number of aryl methyl sites for hydroxylation is 1. The summed E-state index contributed by atoms with van der Waals surface area (Å²) in [5, 5.41) is 11.5. The maximum atomic E-state index is 12.6. The predicted molar refractivity (Wildman–Crippen MR) is 90.2 cm³/mol. The number of hydrogen-bond acceptors (Lipinski definition) is 7. The molecule has 0 aliphatic carbocycles. The van der Waals surface area contributed by atoms with Gasteiger partial charge in [-0.05, 0) is 19.1 Å². The first kappa shape index (κ1) is 15.6. The summed E-state index contributed by atoms with van der Waals surface area (Å²) >= 11 is 1.29. The number of aromatic nitrogens is 2. The molecule has 10 heteroatoms. The summed E-state index contributed by atoms with van der Waals surface area (Å²) < 4.78 is 10.6. The van der Waals surface area contributed by atoms with Crippen molar-refractivity contribution in [2.24, 2.45) is 0 Å². The Balaban J connectivity index is 1.40. The fourth-order valence-corrected chi connectivity index (χ4v) is 3.31. The molecule has 0 saturated carbocycles. The SMILES string of the molecule is Cc1nnc(NC(=O)CN2CCN(c3ccc4c(c3)OCO4)C2=O)s1. The average molecular weight is 361 g/mol. The van der Waals surface area contributed by atoms with E-state index in [1.165, 1.54) is 16.2 Å². The van der Waals surface area contributed by atoms with Crippen LogP contribution in [0.25, 0.3) is 0 Å². The highest BCUT2D eigenvalue weighted by Gasteiger charge is 2.31. The zero-order chi connectivity index (χ0) is 17.4. The monoisotopic (exact) mass is 361 g/mol.